The molecule has 0 spiro atoms. The molecule has 12 heavy (non-hydrogen) atoms. The molecule has 1 unspecified atom stereocenters. The molecule has 1 atom stereocenters. The van der Waals surface area contributed by atoms with Gasteiger partial charge in [-0.05, 0) is 18.6 Å². The van der Waals surface area contributed by atoms with Crippen molar-refractivity contribution in [2.24, 2.45) is 0 Å². The summed E-state index contributed by atoms with van der Waals surface area (Å²) in [6, 6.07) is 7.58. The van der Waals surface area contributed by atoms with Gasteiger partial charge < -0.3 is 9.42 Å². The predicted octanol–water partition coefficient (Wildman–Crippen LogP) is 2.72. The van der Waals surface area contributed by atoms with Crippen LogP contribution in [0, 0.1) is 6.92 Å². The Balaban J connectivity index is 0. The summed E-state index contributed by atoms with van der Waals surface area (Å²) < 4.78 is 4.92. The van der Waals surface area contributed by atoms with Crippen LogP contribution in [-0.2, 0) is 0 Å². The second-order valence-electron chi connectivity index (χ2n) is 1.96. The van der Waals surface area contributed by atoms with E-state index < -0.39 is 9.03 Å². The van der Waals surface area contributed by atoms with Gasteiger partial charge in [-0.1, -0.05) is 18.2 Å². The van der Waals surface area contributed by atoms with Crippen LogP contribution in [0.4, 0.5) is 0 Å². The van der Waals surface area contributed by atoms with Crippen molar-refractivity contribution in [1.29, 1.82) is 0 Å². The first kappa shape index (κ1) is 14.5. The van der Waals surface area contributed by atoms with Gasteiger partial charge in [0.15, 0.2) is 0 Å². The molecule has 2 nitrogen and oxygen atoms in total. The summed E-state index contributed by atoms with van der Waals surface area (Å²) in [5, 5.41) is 0. The Hall–Kier alpha value is -0.0100. The Morgan fingerprint density at radius 1 is 1.25 bits per heavy atom. The summed E-state index contributed by atoms with van der Waals surface area (Å²) in [5.41, 5.74) is 1.05. The van der Waals surface area contributed by atoms with Crippen LogP contribution in [0.5, 0.6) is 5.75 Å². The van der Waals surface area contributed by atoms with Crippen LogP contribution in [0.15, 0.2) is 24.3 Å². The van der Waals surface area contributed by atoms with Gasteiger partial charge in [0.05, 0.1) is 0 Å². The van der Waals surface area contributed by atoms with Gasteiger partial charge in [0.2, 0.25) is 9.03 Å². The zero-order valence-electron chi connectivity index (χ0n) is 6.48. The molecule has 0 amide bonds. The topological polar surface area (TPSA) is 29.5 Å². The van der Waals surface area contributed by atoms with Gasteiger partial charge in [0.25, 0.3) is 0 Å². The third-order valence-electron chi connectivity index (χ3n) is 1.25. The van der Waals surface area contributed by atoms with Gasteiger partial charge in [-0.25, -0.2) is 0 Å². The van der Waals surface area contributed by atoms with Crippen molar-refractivity contribution in [3.8, 4) is 5.75 Å². The fraction of sp³-hybridized carbons (Fsp3) is 0.143. The zero-order valence-corrected chi connectivity index (χ0v) is 9.11. The SMILES string of the molecule is Cc1ccccc1OPO.Cl.Cl. The largest absolute Gasteiger partial charge is 0.450 e. The van der Waals surface area contributed by atoms with Crippen molar-refractivity contribution in [3.05, 3.63) is 29.8 Å². The Bertz CT molecular complexity index is 220. The van der Waals surface area contributed by atoms with Crippen molar-refractivity contribution in [3.63, 3.8) is 0 Å². The lowest BCUT2D eigenvalue weighted by atomic mass is 10.2. The summed E-state index contributed by atoms with van der Waals surface area (Å²) in [4.78, 5) is 8.45. The van der Waals surface area contributed by atoms with E-state index in [1.165, 1.54) is 0 Å². The Labute approximate surface area is 86.1 Å². The van der Waals surface area contributed by atoms with Gasteiger partial charge in [0, 0.05) is 0 Å². The third kappa shape index (κ3) is 4.13. The molecule has 0 aliphatic carbocycles. The molecule has 5 heteroatoms. The van der Waals surface area contributed by atoms with Gasteiger partial charge >= 0.3 is 0 Å². The quantitative estimate of drug-likeness (QED) is 0.790. The number of hydrogen-bond acceptors (Lipinski definition) is 2. The first-order valence-electron chi connectivity index (χ1n) is 2.96. The number of halogens is 2. The standard InChI is InChI=1S/C7H9O2P.2ClH/c1-6-4-2-3-5-7(6)9-10-8;;/h2-5,8,10H,1H3;2*1H. The van der Waals surface area contributed by atoms with Crippen molar-refractivity contribution in [2.45, 2.75) is 6.92 Å². The molecule has 1 N–H and O–H groups in total. The van der Waals surface area contributed by atoms with Crippen molar-refractivity contribution < 1.29 is 9.42 Å². The molecule has 1 rings (SSSR count). The summed E-state index contributed by atoms with van der Waals surface area (Å²) in [6.45, 7) is 1.94. The van der Waals surface area contributed by atoms with Crippen LogP contribution in [0.2, 0.25) is 0 Å². The molecule has 0 fully saturated rings. The van der Waals surface area contributed by atoms with Crippen molar-refractivity contribution in [1.82, 2.24) is 0 Å². The minimum atomic E-state index is -0.468. The maximum Gasteiger partial charge on any atom is 0.212 e. The smallest absolute Gasteiger partial charge is 0.212 e. The van der Waals surface area contributed by atoms with Gasteiger partial charge in [-0.15, -0.1) is 24.8 Å². The lowest BCUT2D eigenvalue weighted by Crippen LogP contribution is -1.80. The molecule has 0 saturated carbocycles. The van der Waals surface area contributed by atoms with Gasteiger partial charge in [-0.2, -0.15) is 0 Å². The molecule has 1 aromatic rings. The molecule has 70 valence electrons. The van der Waals surface area contributed by atoms with Crippen molar-refractivity contribution in [2.75, 3.05) is 0 Å². The minimum Gasteiger partial charge on any atom is -0.450 e. The summed E-state index contributed by atoms with van der Waals surface area (Å²) in [6.07, 6.45) is 0. The van der Waals surface area contributed by atoms with Crippen LogP contribution in [0.3, 0.4) is 0 Å². The van der Waals surface area contributed by atoms with E-state index in [0.717, 1.165) is 11.3 Å². The number of benzene rings is 1. The Morgan fingerprint density at radius 2 is 1.83 bits per heavy atom. The highest BCUT2D eigenvalue weighted by Gasteiger charge is 1.94. The van der Waals surface area contributed by atoms with E-state index in [0.29, 0.717) is 0 Å². The molecular formula is C7H11Cl2O2P. The fourth-order valence-corrected chi connectivity index (χ4v) is 1.05. The lowest BCUT2D eigenvalue weighted by Gasteiger charge is -2.02. The second-order valence-corrected chi connectivity index (χ2v) is 2.35. The van der Waals surface area contributed by atoms with E-state index in [4.69, 9.17) is 9.42 Å². The summed E-state index contributed by atoms with van der Waals surface area (Å²) >= 11 is 0. The van der Waals surface area contributed by atoms with Gasteiger partial charge in [0.1, 0.15) is 5.75 Å². The number of hydrogen-bond donors (Lipinski definition) is 1. The zero-order chi connectivity index (χ0) is 7.40. The minimum absolute atomic E-state index is 0. The predicted molar refractivity (Wildman–Crippen MR) is 56.8 cm³/mol. The Kier molecular flexibility index (Phi) is 9.23. The molecule has 1 aromatic carbocycles. The van der Waals surface area contributed by atoms with Crippen LogP contribution in [-0.4, -0.2) is 4.89 Å². The average molecular weight is 229 g/mol. The number of para-hydroxylation sites is 1. The monoisotopic (exact) mass is 228 g/mol. The molecule has 0 radical (unpaired) electrons. The highest BCUT2D eigenvalue weighted by molar-refractivity contribution is 7.25. The maximum atomic E-state index is 8.45. The Morgan fingerprint density at radius 3 is 2.33 bits per heavy atom. The van der Waals surface area contributed by atoms with E-state index >= 15 is 0 Å². The summed E-state index contributed by atoms with van der Waals surface area (Å²) in [7, 11) is -0.468. The molecule has 0 bridgehead atoms. The molecule has 0 aromatic heterocycles. The first-order valence-corrected chi connectivity index (χ1v) is 3.81. The number of rotatable bonds is 2. The molecule has 0 saturated heterocycles. The van der Waals surface area contributed by atoms with Crippen LogP contribution in [0.25, 0.3) is 0 Å². The van der Waals surface area contributed by atoms with Gasteiger partial charge in [-0.3, -0.25) is 0 Å². The van der Waals surface area contributed by atoms with E-state index in [9.17, 15) is 0 Å². The van der Waals surface area contributed by atoms with Crippen LogP contribution >= 0.6 is 33.8 Å². The first-order chi connectivity index (χ1) is 4.84. The van der Waals surface area contributed by atoms with Crippen molar-refractivity contribution >= 4 is 33.8 Å². The fourth-order valence-electron chi connectivity index (χ4n) is 0.720. The van der Waals surface area contributed by atoms with E-state index in [-0.39, 0.29) is 24.8 Å². The maximum absolute atomic E-state index is 8.45. The molecular weight excluding hydrogens is 218 g/mol. The van der Waals surface area contributed by atoms with E-state index in [1.807, 2.05) is 31.2 Å². The van der Waals surface area contributed by atoms with Crippen LogP contribution < -0.4 is 4.52 Å². The average Bonchev–Trinajstić information content (AvgIpc) is 1.94. The highest BCUT2D eigenvalue weighted by atomic mass is 35.5. The van der Waals surface area contributed by atoms with E-state index in [1.54, 1.807) is 0 Å². The second kappa shape index (κ2) is 7.63. The molecule has 0 aliphatic rings. The highest BCUT2D eigenvalue weighted by Crippen LogP contribution is 2.21. The van der Waals surface area contributed by atoms with Crippen LogP contribution in [0.1, 0.15) is 5.56 Å². The molecule has 0 heterocycles. The third-order valence-corrected chi connectivity index (χ3v) is 1.56. The molecule has 0 aliphatic heterocycles. The summed E-state index contributed by atoms with van der Waals surface area (Å²) in [5.74, 6) is 0.753. The lowest BCUT2D eigenvalue weighted by molar-refractivity contribution is 0.512. The normalized spacial score (nSPS) is 8.83. The van der Waals surface area contributed by atoms with E-state index in [2.05, 4.69) is 0 Å². The number of aryl methyl sites for hydroxylation is 1.